The maximum Gasteiger partial charge on any atom is 0.247 e. The molecule has 1 saturated heterocycles. The van der Waals surface area contributed by atoms with E-state index in [0.29, 0.717) is 16.8 Å². The van der Waals surface area contributed by atoms with Crippen LogP contribution in [0, 0.1) is 11.7 Å². The van der Waals surface area contributed by atoms with Gasteiger partial charge in [0.25, 0.3) is 0 Å². The fraction of sp³-hybridized carbons (Fsp3) is 0.500. The lowest BCUT2D eigenvalue weighted by atomic mass is 9.76. The predicted molar refractivity (Wildman–Crippen MR) is 102 cm³/mol. The molecule has 0 aliphatic carbocycles. The summed E-state index contributed by atoms with van der Waals surface area (Å²) in [5.41, 5.74) is 7.73. The Kier molecular flexibility index (Phi) is 5.51. The Morgan fingerprint density at radius 3 is 2.89 bits per heavy atom. The molecular formula is C20H27FN4O2. The summed E-state index contributed by atoms with van der Waals surface area (Å²) in [5.74, 6) is -0.757. The van der Waals surface area contributed by atoms with E-state index in [1.807, 2.05) is 6.92 Å². The van der Waals surface area contributed by atoms with Gasteiger partial charge in [-0.05, 0) is 45.9 Å². The van der Waals surface area contributed by atoms with Gasteiger partial charge in [-0.15, -0.1) is 0 Å². The third-order valence-electron chi connectivity index (χ3n) is 5.67. The van der Waals surface area contributed by atoms with Crippen molar-refractivity contribution in [3.63, 3.8) is 0 Å². The molecule has 3 unspecified atom stereocenters. The molecule has 5 N–H and O–H groups in total. The highest BCUT2D eigenvalue weighted by molar-refractivity contribution is 6.00. The van der Waals surface area contributed by atoms with E-state index in [1.54, 1.807) is 19.1 Å². The maximum absolute atomic E-state index is 14.1. The summed E-state index contributed by atoms with van der Waals surface area (Å²) in [6, 6.07) is 4.23. The Morgan fingerprint density at radius 1 is 1.44 bits per heavy atom. The van der Waals surface area contributed by atoms with Crippen molar-refractivity contribution >= 4 is 17.5 Å². The van der Waals surface area contributed by atoms with E-state index in [-0.39, 0.29) is 36.2 Å². The highest BCUT2D eigenvalue weighted by Crippen LogP contribution is 2.32. The highest BCUT2D eigenvalue weighted by atomic mass is 19.1. The molecule has 27 heavy (non-hydrogen) atoms. The Labute approximate surface area is 158 Å². The minimum atomic E-state index is -0.520. The zero-order chi connectivity index (χ0) is 19.7. The Morgan fingerprint density at radius 2 is 2.19 bits per heavy atom. The number of carbonyl (C=O) groups excluding carboxylic acids is 2. The minimum Gasteiger partial charge on any atom is -0.399 e. The van der Waals surface area contributed by atoms with Crippen LogP contribution in [0.15, 0.2) is 29.3 Å². The summed E-state index contributed by atoms with van der Waals surface area (Å²) in [6.45, 7) is 6.61. The fourth-order valence-electron chi connectivity index (χ4n) is 4.24. The van der Waals surface area contributed by atoms with Crippen LogP contribution in [0.25, 0.3) is 0 Å². The molecule has 0 aromatic heterocycles. The van der Waals surface area contributed by atoms with Crippen LogP contribution in [0.4, 0.5) is 10.1 Å². The molecule has 146 valence electrons. The van der Waals surface area contributed by atoms with E-state index in [0.717, 1.165) is 18.5 Å². The van der Waals surface area contributed by atoms with Crippen molar-refractivity contribution in [2.24, 2.45) is 5.92 Å². The average molecular weight is 374 g/mol. The first-order valence-electron chi connectivity index (χ1n) is 9.36. The standard InChI is InChI=1S/C20H27FN4O2/c1-10-15(20(27)25-17-6-7-23-12(3)19(10)17)9-18(26)24-11(2)14-5-4-13(22)8-16(14)21/h4-5,8,11-12,17,19,23H,6-7,9,22H2,1-3H3,(H,24,26)(H,25,27)/t11-,12?,17?,19?/m0/s1. The zero-order valence-corrected chi connectivity index (χ0v) is 15.9. The van der Waals surface area contributed by atoms with Crippen LogP contribution in [-0.4, -0.2) is 30.4 Å². The van der Waals surface area contributed by atoms with E-state index in [4.69, 9.17) is 5.73 Å². The Balaban J connectivity index is 1.72. The molecule has 2 aliphatic rings. The highest BCUT2D eigenvalue weighted by Gasteiger charge is 2.39. The van der Waals surface area contributed by atoms with E-state index < -0.39 is 11.9 Å². The van der Waals surface area contributed by atoms with Gasteiger partial charge in [-0.3, -0.25) is 9.59 Å². The van der Waals surface area contributed by atoms with Gasteiger partial charge in [-0.1, -0.05) is 11.6 Å². The van der Waals surface area contributed by atoms with Crippen LogP contribution in [0.2, 0.25) is 0 Å². The summed E-state index contributed by atoms with van der Waals surface area (Å²) in [4.78, 5) is 25.0. The predicted octanol–water partition coefficient (Wildman–Crippen LogP) is 1.79. The molecule has 1 aromatic rings. The first kappa shape index (κ1) is 19.4. The van der Waals surface area contributed by atoms with Crippen LogP contribution >= 0.6 is 0 Å². The molecule has 2 aliphatic heterocycles. The topological polar surface area (TPSA) is 96.2 Å². The van der Waals surface area contributed by atoms with Crippen molar-refractivity contribution in [2.75, 3.05) is 12.3 Å². The lowest BCUT2D eigenvalue weighted by Gasteiger charge is -2.42. The van der Waals surface area contributed by atoms with E-state index in [1.165, 1.54) is 6.07 Å². The normalized spacial score (nSPS) is 26.2. The number of nitrogen functional groups attached to an aromatic ring is 1. The number of nitrogens with one attached hydrogen (secondary N) is 3. The van der Waals surface area contributed by atoms with E-state index >= 15 is 0 Å². The Hall–Kier alpha value is -2.41. The monoisotopic (exact) mass is 374 g/mol. The molecule has 2 heterocycles. The first-order valence-corrected chi connectivity index (χ1v) is 9.36. The van der Waals surface area contributed by atoms with Crippen LogP contribution in [0.1, 0.15) is 45.2 Å². The maximum atomic E-state index is 14.1. The summed E-state index contributed by atoms with van der Waals surface area (Å²) in [7, 11) is 0. The second kappa shape index (κ2) is 7.68. The quantitative estimate of drug-likeness (QED) is 0.604. The largest absolute Gasteiger partial charge is 0.399 e. The molecule has 0 spiro atoms. The molecule has 6 nitrogen and oxygen atoms in total. The number of carbonyl (C=O) groups is 2. The summed E-state index contributed by atoms with van der Waals surface area (Å²) >= 11 is 0. The van der Waals surface area contributed by atoms with Gasteiger partial charge in [0.1, 0.15) is 5.82 Å². The van der Waals surface area contributed by atoms with Crippen molar-refractivity contribution in [3.8, 4) is 0 Å². The molecule has 0 bridgehead atoms. The number of rotatable bonds is 4. The van der Waals surface area contributed by atoms with Crippen molar-refractivity contribution < 1.29 is 14.0 Å². The van der Waals surface area contributed by atoms with Gasteiger partial charge in [0.15, 0.2) is 0 Å². The summed E-state index contributed by atoms with van der Waals surface area (Å²) < 4.78 is 14.1. The second-order valence-corrected chi connectivity index (χ2v) is 7.55. The lowest BCUT2D eigenvalue weighted by Crippen LogP contribution is -2.57. The van der Waals surface area contributed by atoms with Crippen LogP contribution in [-0.2, 0) is 9.59 Å². The van der Waals surface area contributed by atoms with Crippen molar-refractivity contribution in [3.05, 3.63) is 40.7 Å². The summed E-state index contributed by atoms with van der Waals surface area (Å²) in [6.07, 6.45) is 0.861. The number of hydrogen-bond acceptors (Lipinski definition) is 4. The molecule has 3 rings (SSSR count). The first-order chi connectivity index (χ1) is 12.8. The molecule has 0 radical (unpaired) electrons. The number of amides is 2. The number of anilines is 1. The summed E-state index contributed by atoms with van der Waals surface area (Å²) in [5, 5.41) is 9.25. The van der Waals surface area contributed by atoms with Crippen molar-refractivity contribution in [2.45, 2.75) is 51.7 Å². The molecule has 2 amide bonds. The number of halogens is 1. The van der Waals surface area contributed by atoms with Gasteiger partial charge in [-0.2, -0.15) is 0 Å². The number of piperidine rings is 1. The van der Waals surface area contributed by atoms with Crippen LogP contribution in [0.5, 0.6) is 0 Å². The van der Waals surface area contributed by atoms with Gasteiger partial charge < -0.3 is 21.7 Å². The lowest BCUT2D eigenvalue weighted by molar-refractivity contribution is -0.124. The van der Waals surface area contributed by atoms with Crippen molar-refractivity contribution in [1.29, 1.82) is 0 Å². The molecular weight excluding hydrogens is 347 g/mol. The van der Waals surface area contributed by atoms with Gasteiger partial charge in [0.2, 0.25) is 11.8 Å². The number of hydrogen-bond donors (Lipinski definition) is 4. The zero-order valence-electron chi connectivity index (χ0n) is 15.9. The van der Waals surface area contributed by atoms with Crippen LogP contribution < -0.4 is 21.7 Å². The molecule has 1 fully saturated rings. The molecule has 1 aromatic carbocycles. The van der Waals surface area contributed by atoms with Crippen molar-refractivity contribution in [1.82, 2.24) is 16.0 Å². The van der Waals surface area contributed by atoms with Gasteiger partial charge in [0.05, 0.1) is 12.5 Å². The minimum absolute atomic E-state index is 0.0193. The van der Waals surface area contributed by atoms with E-state index in [9.17, 15) is 14.0 Å². The van der Waals surface area contributed by atoms with Gasteiger partial charge in [0, 0.05) is 34.8 Å². The second-order valence-electron chi connectivity index (χ2n) is 7.55. The fourth-order valence-corrected chi connectivity index (χ4v) is 4.24. The third-order valence-corrected chi connectivity index (χ3v) is 5.67. The Bertz CT molecular complexity index is 792. The third kappa shape index (κ3) is 3.98. The molecule has 4 atom stereocenters. The van der Waals surface area contributed by atoms with E-state index in [2.05, 4.69) is 22.9 Å². The number of nitrogens with two attached hydrogens (primary N) is 1. The molecule has 7 heteroatoms. The van der Waals surface area contributed by atoms with Gasteiger partial charge in [-0.25, -0.2) is 4.39 Å². The molecule has 0 saturated carbocycles. The number of fused-ring (bicyclic) bond motifs is 1. The van der Waals surface area contributed by atoms with Gasteiger partial charge >= 0.3 is 0 Å². The average Bonchev–Trinajstić information content (AvgIpc) is 2.58. The number of benzene rings is 1. The smallest absolute Gasteiger partial charge is 0.247 e. The SMILES string of the molecule is CC1=C(CC(=O)N[C@@H](C)c2ccc(N)cc2F)C(=O)NC2CCNC(C)C12. The van der Waals surface area contributed by atoms with Crippen LogP contribution in [0.3, 0.4) is 0 Å².